The van der Waals surface area contributed by atoms with Crippen LogP contribution in [0.15, 0.2) is 60.8 Å². The van der Waals surface area contributed by atoms with E-state index in [1.165, 1.54) is 22.4 Å². The van der Waals surface area contributed by atoms with E-state index >= 15 is 0 Å². The summed E-state index contributed by atoms with van der Waals surface area (Å²) in [6.07, 6.45) is 3.24. The molecule has 1 aromatic heterocycles. The minimum absolute atomic E-state index is 0.0301. The third-order valence-electron chi connectivity index (χ3n) is 4.21. The van der Waals surface area contributed by atoms with E-state index in [0.717, 1.165) is 18.6 Å². The van der Waals surface area contributed by atoms with E-state index in [0.29, 0.717) is 12.2 Å². The van der Waals surface area contributed by atoms with Crippen molar-refractivity contribution in [3.05, 3.63) is 82.2 Å². The van der Waals surface area contributed by atoms with Gasteiger partial charge in [0, 0.05) is 24.9 Å². The van der Waals surface area contributed by atoms with Crippen molar-refractivity contribution in [2.75, 3.05) is 13.7 Å². The van der Waals surface area contributed by atoms with Gasteiger partial charge in [-0.05, 0) is 42.7 Å². The fourth-order valence-corrected chi connectivity index (χ4v) is 2.72. The van der Waals surface area contributed by atoms with Gasteiger partial charge in [-0.15, -0.1) is 0 Å². The van der Waals surface area contributed by atoms with Gasteiger partial charge in [0.25, 0.3) is 11.6 Å². The second-order valence-electron chi connectivity index (χ2n) is 6.13. The second-order valence-corrected chi connectivity index (χ2v) is 6.13. The molecule has 1 amide bonds. The highest BCUT2D eigenvalue weighted by molar-refractivity contribution is 5.92. The van der Waals surface area contributed by atoms with Crippen molar-refractivity contribution in [3.8, 4) is 11.4 Å². The number of nitrogens with one attached hydrogen (secondary N) is 1. The molecule has 0 unspecified atom stereocenters. The van der Waals surface area contributed by atoms with Crippen LogP contribution in [0.2, 0.25) is 0 Å². The number of nitrogens with zero attached hydrogens (tertiary/aromatic N) is 3. The number of methoxy groups -OCH3 is 1. The van der Waals surface area contributed by atoms with Crippen molar-refractivity contribution in [1.29, 1.82) is 0 Å². The summed E-state index contributed by atoms with van der Waals surface area (Å²) < 4.78 is 6.57. The number of hydrogen-bond acceptors (Lipinski definition) is 5. The third kappa shape index (κ3) is 4.73. The number of aryl methyl sites for hydroxylation is 1. The number of non-ortho nitro benzene ring substituents is 1. The highest BCUT2D eigenvalue weighted by atomic mass is 16.6. The summed E-state index contributed by atoms with van der Waals surface area (Å²) in [4.78, 5) is 22.7. The van der Waals surface area contributed by atoms with Crippen LogP contribution < -0.4 is 10.1 Å². The molecule has 0 spiro atoms. The molecule has 1 heterocycles. The zero-order valence-electron chi connectivity index (χ0n) is 15.4. The van der Waals surface area contributed by atoms with Crippen molar-refractivity contribution in [2.24, 2.45) is 0 Å². The van der Waals surface area contributed by atoms with E-state index in [1.807, 2.05) is 24.3 Å². The van der Waals surface area contributed by atoms with Crippen LogP contribution in [0.25, 0.3) is 5.69 Å². The topological polar surface area (TPSA) is 99.3 Å². The van der Waals surface area contributed by atoms with Crippen LogP contribution in [0.1, 0.15) is 22.5 Å². The van der Waals surface area contributed by atoms with Crippen LogP contribution in [0.4, 0.5) is 5.69 Å². The molecular formula is C20H20N4O4. The summed E-state index contributed by atoms with van der Waals surface area (Å²) in [5.74, 6) is 0.537. The Balaban J connectivity index is 1.52. The molecule has 0 atom stereocenters. The number of ether oxygens (including phenoxy) is 1. The molecule has 0 fully saturated rings. The van der Waals surface area contributed by atoms with E-state index in [2.05, 4.69) is 10.4 Å². The van der Waals surface area contributed by atoms with Crippen LogP contribution >= 0.6 is 0 Å². The monoisotopic (exact) mass is 380 g/mol. The Bertz CT molecular complexity index is 966. The highest BCUT2D eigenvalue weighted by Gasteiger charge is 2.12. The van der Waals surface area contributed by atoms with Gasteiger partial charge in [-0.25, -0.2) is 4.68 Å². The zero-order valence-corrected chi connectivity index (χ0v) is 15.4. The Morgan fingerprint density at radius 1 is 1.21 bits per heavy atom. The fraction of sp³-hybridized carbons (Fsp3) is 0.200. The molecule has 8 nitrogen and oxygen atoms in total. The lowest BCUT2D eigenvalue weighted by atomic mass is 10.1. The van der Waals surface area contributed by atoms with Crippen molar-refractivity contribution in [3.63, 3.8) is 0 Å². The van der Waals surface area contributed by atoms with Gasteiger partial charge in [-0.2, -0.15) is 5.10 Å². The molecule has 3 rings (SSSR count). The molecule has 0 aliphatic carbocycles. The smallest absolute Gasteiger partial charge is 0.271 e. The molecule has 28 heavy (non-hydrogen) atoms. The maximum absolute atomic E-state index is 12.2. The molecule has 1 N–H and O–H groups in total. The average Bonchev–Trinajstić information content (AvgIpc) is 3.22. The van der Waals surface area contributed by atoms with Crippen molar-refractivity contribution >= 4 is 11.6 Å². The number of carbonyl (C=O) groups excluding carboxylic acids is 1. The van der Waals surface area contributed by atoms with Crippen LogP contribution in [-0.4, -0.2) is 34.3 Å². The molecule has 0 saturated carbocycles. The van der Waals surface area contributed by atoms with Crippen LogP contribution in [-0.2, 0) is 6.42 Å². The summed E-state index contributed by atoms with van der Waals surface area (Å²) in [6, 6.07) is 15.5. The van der Waals surface area contributed by atoms with Gasteiger partial charge < -0.3 is 10.1 Å². The summed E-state index contributed by atoms with van der Waals surface area (Å²) in [5, 5.41) is 17.9. The van der Waals surface area contributed by atoms with E-state index in [9.17, 15) is 14.9 Å². The number of nitro groups is 1. The Morgan fingerprint density at radius 3 is 2.71 bits per heavy atom. The Labute approximate surface area is 161 Å². The van der Waals surface area contributed by atoms with Crippen molar-refractivity contribution in [1.82, 2.24) is 15.1 Å². The van der Waals surface area contributed by atoms with Crippen LogP contribution in [0.5, 0.6) is 5.75 Å². The zero-order chi connectivity index (χ0) is 19.9. The van der Waals surface area contributed by atoms with E-state index < -0.39 is 4.92 Å². The van der Waals surface area contributed by atoms with Gasteiger partial charge >= 0.3 is 0 Å². The minimum Gasteiger partial charge on any atom is -0.497 e. The number of hydrogen-bond donors (Lipinski definition) is 1. The first-order chi connectivity index (χ1) is 13.6. The summed E-state index contributed by atoms with van der Waals surface area (Å²) in [7, 11) is 1.63. The lowest BCUT2D eigenvalue weighted by molar-refractivity contribution is -0.384. The molecule has 0 aliphatic heterocycles. The number of amides is 1. The normalized spacial score (nSPS) is 10.5. The Morgan fingerprint density at radius 2 is 2.00 bits per heavy atom. The molecule has 0 saturated heterocycles. The molecule has 0 aliphatic rings. The number of nitro benzene ring substituents is 1. The van der Waals surface area contributed by atoms with E-state index in [4.69, 9.17) is 4.74 Å². The number of benzene rings is 2. The fourth-order valence-electron chi connectivity index (χ4n) is 2.72. The van der Waals surface area contributed by atoms with Gasteiger partial charge in [0.05, 0.1) is 17.7 Å². The van der Waals surface area contributed by atoms with Crippen LogP contribution in [0.3, 0.4) is 0 Å². The first kappa shape index (κ1) is 19.1. The molecule has 3 aromatic rings. The molecule has 0 bridgehead atoms. The van der Waals surface area contributed by atoms with E-state index in [-0.39, 0.29) is 17.3 Å². The van der Waals surface area contributed by atoms with E-state index in [1.54, 1.807) is 31.5 Å². The maximum Gasteiger partial charge on any atom is 0.271 e. The predicted octanol–water partition coefficient (Wildman–Crippen LogP) is 3.15. The summed E-state index contributed by atoms with van der Waals surface area (Å²) in [6.45, 7) is 0.522. The lowest BCUT2D eigenvalue weighted by Gasteiger charge is -2.05. The van der Waals surface area contributed by atoms with Crippen LogP contribution in [0, 0.1) is 10.1 Å². The Kier molecular flexibility index (Phi) is 6.01. The molecule has 2 aromatic carbocycles. The summed E-state index contributed by atoms with van der Waals surface area (Å²) in [5.41, 5.74) is 1.92. The second kappa shape index (κ2) is 8.81. The molecule has 0 radical (unpaired) electrons. The summed E-state index contributed by atoms with van der Waals surface area (Å²) >= 11 is 0. The van der Waals surface area contributed by atoms with Gasteiger partial charge in [-0.3, -0.25) is 14.9 Å². The maximum atomic E-state index is 12.2. The third-order valence-corrected chi connectivity index (χ3v) is 4.21. The van der Waals surface area contributed by atoms with Gasteiger partial charge in [0.1, 0.15) is 5.75 Å². The number of rotatable bonds is 8. The van der Waals surface area contributed by atoms with Gasteiger partial charge in [0.15, 0.2) is 5.69 Å². The Hall–Kier alpha value is -3.68. The SMILES string of the molecule is COc1ccc(CCCNC(=O)c2ccn(-c3cccc([N+](=O)[O-])c3)n2)cc1. The molecular weight excluding hydrogens is 360 g/mol. The quantitative estimate of drug-likeness (QED) is 0.368. The van der Waals surface area contributed by atoms with Crippen molar-refractivity contribution in [2.45, 2.75) is 12.8 Å². The predicted molar refractivity (Wildman–Crippen MR) is 104 cm³/mol. The standard InChI is InChI=1S/C20H20N4O4/c1-28-18-9-7-15(8-10-18)4-3-12-21-20(25)19-11-13-23(22-19)16-5-2-6-17(14-16)24(26)27/h2,5-11,13-14H,3-4,12H2,1H3,(H,21,25). The highest BCUT2D eigenvalue weighted by Crippen LogP contribution is 2.16. The average molecular weight is 380 g/mol. The first-order valence-electron chi connectivity index (χ1n) is 8.78. The minimum atomic E-state index is -0.469. The molecule has 144 valence electrons. The lowest BCUT2D eigenvalue weighted by Crippen LogP contribution is -2.25. The largest absolute Gasteiger partial charge is 0.497 e. The number of aromatic nitrogens is 2. The number of carbonyl (C=O) groups is 1. The first-order valence-corrected chi connectivity index (χ1v) is 8.78. The van der Waals surface area contributed by atoms with Gasteiger partial charge in [0.2, 0.25) is 0 Å². The van der Waals surface area contributed by atoms with Crippen molar-refractivity contribution < 1.29 is 14.5 Å². The van der Waals surface area contributed by atoms with Gasteiger partial charge in [-0.1, -0.05) is 18.2 Å². The molecule has 8 heteroatoms.